The van der Waals surface area contributed by atoms with Crippen LogP contribution in [0.15, 0.2) is 0 Å². The third-order valence-corrected chi connectivity index (χ3v) is 0.603. The maximum Gasteiger partial charge on any atom is 0.419 e. The Kier molecular flexibility index (Phi) is 4.00. The summed E-state index contributed by atoms with van der Waals surface area (Å²) in [6.45, 7) is 4.09. The van der Waals surface area contributed by atoms with E-state index < -0.39 is 12.6 Å². The number of aliphatic hydroxyl groups excluding tert-OH is 1. The van der Waals surface area contributed by atoms with Crippen molar-refractivity contribution in [3.05, 3.63) is 0 Å². The van der Waals surface area contributed by atoms with E-state index in [4.69, 9.17) is 5.11 Å². The van der Waals surface area contributed by atoms with Crippen LogP contribution in [0.25, 0.3) is 0 Å². The molecule has 2 atom stereocenters. The van der Waals surface area contributed by atoms with E-state index in [0.29, 0.717) is 0 Å². The van der Waals surface area contributed by atoms with Gasteiger partial charge in [-0.1, -0.05) is 0 Å². The SMILES string of the molecule is CC(O)OC(C)O[C]=O. The summed E-state index contributed by atoms with van der Waals surface area (Å²) in [6.07, 6.45) is -1.66. The molecule has 0 saturated carbocycles. The van der Waals surface area contributed by atoms with E-state index in [9.17, 15) is 4.79 Å². The molecular formula is C5H9O4. The zero-order valence-corrected chi connectivity index (χ0v) is 5.33. The van der Waals surface area contributed by atoms with Crippen molar-refractivity contribution in [1.82, 2.24) is 0 Å². The largest absolute Gasteiger partial charge is 0.428 e. The minimum Gasteiger partial charge on any atom is -0.428 e. The Morgan fingerprint density at radius 1 is 1.56 bits per heavy atom. The Labute approximate surface area is 53.4 Å². The molecule has 4 nitrogen and oxygen atoms in total. The molecule has 53 valence electrons. The summed E-state index contributed by atoms with van der Waals surface area (Å²) < 4.78 is 8.73. The van der Waals surface area contributed by atoms with Crippen LogP contribution in [0.4, 0.5) is 0 Å². The number of carbonyl (C=O) groups excluding carboxylic acids is 1. The van der Waals surface area contributed by atoms with Crippen molar-refractivity contribution in [3.63, 3.8) is 0 Å². The van der Waals surface area contributed by atoms with Crippen LogP contribution in [-0.4, -0.2) is 24.2 Å². The van der Waals surface area contributed by atoms with Crippen LogP contribution >= 0.6 is 0 Å². The molecule has 0 aliphatic rings. The molecule has 0 aromatic heterocycles. The monoisotopic (exact) mass is 133 g/mol. The molecular weight excluding hydrogens is 124 g/mol. The van der Waals surface area contributed by atoms with E-state index >= 15 is 0 Å². The lowest BCUT2D eigenvalue weighted by Gasteiger charge is -2.11. The van der Waals surface area contributed by atoms with Gasteiger partial charge in [-0.05, 0) is 13.8 Å². The highest BCUT2D eigenvalue weighted by Gasteiger charge is 2.04. The third-order valence-electron chi connectivity index (χ3n) is 0.603. The van der Waals surface area contributed by atoms with Crippen molar-refractivity contribution >= 4 is 6.47 Å². The van der Waals surface area contributed by atoms with Gasteiger partial charge in [0.25, 0.3) is 0 Å². The molecule has 0 aliphatic carbocycles. The molecule has 0 aromatic rings. The number of ether oxygens (including phenoxy) is 2. The summed E-state index contributed by atoms with van der Waals surface area (Å²) in [4.78, 5) is 9.49. The summed E-state index contributed by atoms with van der Waals surface area (Å²) in [5.41, 5.74) is 0. The maximum absolute atomic E-state index is 9.49. The highest BCUT2D eigenvalue weighted by Crippen LogP contribution is 1.93. The molecule has 0 aromatic carbocycles. The average Bonchev–Trinajstić information content (AvgIpc) is 1.63. The Morgan fingerprint density at radius 3 is 2.44 bits per heavy atom. The van der Waals surface area contributed by atoms with Crippen molar-refractivity contribution in [2.45, 2.75) is 26.4 Å². The first-order valence-electron chi connectivity index (χ1n) is 2.53. The Morgan fingerprint density at radius 2 is 2.11 bits per heavy atom. The molecule has 4 heteroatoms. The summed E-state index contributed by atoms with van der Waals surface area (Å²) in [5.74, 6) is 0. The first kappa shape index (κ1) is 8.39. The second kappa shape index (κ2) is 4.29. The molecule has 0 heterocycles. The van der Waals surface area contributed by atoms with Crippen LogP contribution in [0.2, 0.25) is 0 Å². The van der Waals surface area contributed by atoms with E-state index in [-0.39, 0.29) is 0 Å². The summed E-state index contributed by atoms with van der Waals surface area (Å²) in [5, 5.41) is 8.52. The molecule has 0 spiro atoms. The maximum atomic E-state index is 9.49. The molecule has 0 amide bonds. The van der Waals surface area contributed by atoms with Crippen LogP contribution in [-0.2, 0) is 14.3 Å². The van der Waals surface area contributed by atoms with E-state index in [1.54, 1.807) is 0 Å². The molecule has 1 N–H and O–H groups in total. The summed E-state index contributed by atoms with van der Waals surface area (Å²) >= 11 is 0. The predicted octanol–water partition coefficient (Wildman–Crippen LogP) is -0.229. The molecule has 9 heavy (non-hydrogen) atoms. The number of aliphatic hydroxyl groups is 1. The minimum atomic E-state index is -0.923. The van der Waals surface area contributed by atoms with Gasteiger partial charge >= 0.3 is 6.47 Å². The van der Waals surface area contributed by atoms with Gasteiger partial charge in [-0.15, -0.1) is 0 Å². The summed E-state index contributed by atoms with van der Waals surface area (Å²) in [6, 6.07) is 0. The zero-order chi connectivity index (χ0) is 7.28. The Balaban J connectivity index is 3.25. The Hall–Kier alpha value is -0.610. The van der Waals surface area contributed by atoms with E-state index in [0.717, 1.165) is 0 Å². The van der Waals surface area contributed by atoms with Crippen molar-refractivity contribution in [3.8, 4) is 0 Å². The van der Waals surface area contributed by atoms with Gasteiger partial charge in [-0.2, -0.15) is 0 Å². The molecule has 2 unspecified atom stereocenters. The highest BCUT2D eigenvalue weighted by molar-refractivity contribution is 5.38. The predicted molar refractivity (Wildman–Crippen MR) is 29.0 cm³/mol. The van der Waals surface area contributed by atoms with E-state index in [1.807, 2.05) is 0 Å². The van der Waals surface area contributed by atoms with Crippen molar-refractivity contribution in [2.75, 3.05) is 0 Å². The molecule has 0 saturated heterocycles. The molecule has 0 fully saturated rings. The third kappa shape index (κ3) is 5.26. The first-order valence-corrected chi connectivity index (χ1v) is 2.53. The van der Waals surface area contributed by atoms with Gasteiger partial charge in [-0.3, -0.25) is 0 Å². The van der Waals surface area contributed by atoms with Crippen LogP contribution in [0.1, 0.15) is 13.8 Å². The number of rotatable bonds is 4. The molecule has 0 bridgehead atoms. The van der Waals surface area contributed by atoms with Gasteiger partial charge in [0.1, 0.15) is 0 Å². The van der Waals surface area contributed by atoms with Crippen molar-refractivity contribution in [1.29, 1.82) is 0 Å². The number of hydrogen-bond acceptors (Lipinski definition) is 4. The second-order valence-electron chi connectivity index (χ2n) is 1.50. The topological polar surface area (TPSA) is 55.8 Å². The lowest BCUT2D eigenvalue weighted by atomic mass is 10.7. The average molecular weight is 133 g/mol. The lowest BCUT2D eigenvalue weighted by Crippen LogP contribution is -2.18. The highest BCUT2D eigenvalue weighted by atomic mass is 16.7. The van der Waals surface area contributed by atoms with Crippen LogP contribution in [0.5, 0.6) is 0 Å². The van der Waals surface area contributed by atoms with Gasteiger partial charge in [0.05, 0.1) is 0 Å². The van der Waals surface area contributed by atoms with Crippen molar-refractivity contribution in [2.24, 2.45) is 0 Å². The quantitative estimate of drug-likeness (QED) is 0.538. The molecule has 1 radical (unpaired) electrons. The van der Waals surface area contributed by atoms with Gasteiger partial charge in [0.2, 0.25) is 6.29 Å². The van der Waals surface area contributed by atoms with Crippen LogP contribution in [0, 0.1) is 0 Å². The lowest BCUT2D eigenvalue weighted by molar-refractivity contribution is -0.184. The first-order chi connectivity index (χ1) is 4.16. The fourth-order valence-corrected chi connectivity index (χ4v) is 0.373. The fourth-order valence-electron chi connectivity index (χ4n) is 0.373. The molecule has 0 aliphatic heterocycles. The van der Waals surface area contributed by atoms with Crippen LogP contribution in [0.3, 0.4) is 0 Å². The van der Waals surface area contributed by atoms with Crippen LogP contribution < -0.4 is 0 Å². The van der Waals surface area contributed by atoms with Gasteiger partial charge in [-0.25, -0.2) is 4.79 Å². The summed E-state index contributed by atoms with van der Waals surface area (Å²) in [7, 11) is 0. The minimum absolute atomic E-state index is 0.734. The standard InChI is InChI=1S/C5H9O4/c1-4(7)9-5(2)8-3-6/h4-5,7H,1-2H3. The zero-order valence-electron chi connectivity index (χ0n) is 5.33. The van der Waals surface area contributed by atoms with Gasteiger partial charge in [0, 0.05) is 0 Å². The Bertz CT molecular complexity index is 81.0. The number of hydrogen-bond donors (Lipinski definition) is 1. The fraction of sp³-hybridized carbons (Fsp3) is 0.800. The van der Waals surface area contributed by atoms with Crippen molar-refractivity contribution < 1.29 is 19.4 Å². The smallest absolute Gasteiger partial charge is 0.419 e. The van der Waals surface area contributed by atoms with E-state index in [2.05, 4.69) is 9.47 Å². The second-order valence-corrected chi connectivity index (χ2v) is 1.50. The van der Waals surface area contributed by atoms with Gasteiger partial charge in [0.15, 0.2) is 6.29 Å². The van der Waals surface area contributed by atoms with E-state index in [1.165, 1.54) is 20.3 Å². The normalized spacial score (nSPS) is 16.3. The molecule has 0 rings (SSSR count). The van der Waals surface area contributed by atoms with Gasteiger partial charge < -0.3 is 14.6 Å².